The predicted octanol–water partition coefficient (Wildman–Crippen LogP) is 0.366. The highest BCUT2D eigenvalue weighted by Gasteiger charge is 2.28. The van der Waals surface area contributed by atoms with E-state index in [1.165, 1.54) is 0 Å². The summed E-state index contributed by atoms with van der Waals surface area (Å²) in [6.07, 6.45) is 0.234. The fourth-order valence-corrected chi connectivity index (χ4v) is 1.54. The lowest BCUT2D eigenvalue weighted by Gasteiger charge is -2.06. The van der Waals surface area contributed by atoms with Gasteiger partial charge in [-0.15, -0.1) is 0 Å². The van der Waals surface area contributed by atoms with Gasteiger partial charge in [0.05, 0.1) is 11.6 Å². The van der Waals surface area contributed by atoms with Gasteiger partial charge in [-0.05, 0) is 13.8 Å². The third-order valence-corrected chi connectivity index (χ3v) is 2.74. The average Bonchev–Trinajstić information content (AvgIpc) is 2.79. The van der Waals surface area contributed by atoms with Gasteiger partial charge in [0.1, 0.15) is 0 Å². The van der Waals surface area contributed by atoms with Crippen molar-refractivity contribution in [2.24, 2.45) is 5.92 Å². The molecule has 1 aromatic heterocycles. The van der Waals surface area contributed by atoms with Crippen LogP contribution in [0, 0.1) is 19.8 Å². The number of aromatic nitrogens is 1. The van der Waals surface area contributed by atoms with Crippen LogP contribution in [-0.2, 0) is 9.59 Å². The molecule has 0 spiro atoms. The van der Waals surface area contributed by atoms with Crippen LogP contribution in [-0.4, -0.2) is 23.5 Å². The maximum absolute atomic E-state index is 11.7. The van der Waals surface area contributed by atoms with Gasteiger partial charge < -0.3 is 9.84 Å². The maximum atomic E-state index is 11.7. The summed E-state index contributed by atoms with van der Waals surface area (Å²) in [5, 5.41) is 8.98. The van der Waals surface area contributed by atoms with Gasteiger partial charge in [-0.2, -0.15) is 0 Å². The molecule has 2 amide bonds. The predicted molar refractivity (Wildman–Crippen MR) is 55.7 cm³/mol. The van der Waals surface area contributed by atoms with E-state index < -0.39 is 0 Å². The standard InChI is InChI=1S/C10H13N3O3/c1-5-6(2)13-16-10(5)12-9(15)7-3-8(14)11-4-7/h7H,3-4H2,1-2H3,(H,11,14)(H,12,15). The number of aryl methyl sites for hydroxylation is 1. The summed E-state index contributed by atoms with van der Waals surface area (Å²) in [4.78, 5) is 22.7. The third-order valence-electron chi connectivity index (χ3n) is 2.74. The first-order valence-electron chi connectivity index (χ1n) is 5.08. The van der Waals surface area contributed by atoms with E-state index in [1.54, 1.807) is 6.92 Å². The molecule has 86 valence electrons. The van der Waals surface area contributed by atoms with Crippen molar-refractivity contribution in [3.63, 3.8) is 0 Å². The van der Waals surface area contributed by atoms with E-state index in [9.17, 15) is 9.59 Å². The van der Waals surface area contributed by atoms with Crippen LogP contribution in [0.2, 0.25) is 0 Å². The number of rotatable bonds is 2. The first-order chi connectivity index (χ1) is 7.58. The molecule has 1 aliphatic rings. The molecule has 2 N–H and O–H groups in total. The normalized spacial score (nSPS) is 19.6. The lowest BCUT2D eigenvalue weighted by Crippen LogP contribution is -2.24. The minimum Gasteiger partial charge on any atom is -0.355 e. The molecule has 16 heavy (non-hydrogen) atoms. The summed E-state index contributed by atoms with van der Waals surface area (Å²) in [6, 6.07) is 0. The minimum absolute atomic E-state index is 0.0920. The molecular formula is C10H13N3O3. The first kappa shape index (κ1) is 10.7. The Bertz CT molecular complexity index is 439. The van der Waals surface area contributed by atoms with Crippen molar-refractivity contribution in [2.75, 3.05) is 11.9 Å². The zero-order chi connectivity index (χ0) is 11.7. The van der Waals surface area contributed by atoms with Gasteiger partial charge in [0.25, 0.3) is 0 Å². The number of amides is 2. The van der Waals surface area contributed by atoms with Gasteiger partial charge in [0.15, 0.2) is 0 Å². The molecule has 0 aliphatic carbocycles. The molecule has 0 radical (unpaired) electrons. The zero-order valence-electron chi connectivity index (χ0n) is 9.16. The number of nitrogens with zero attached hydrogens (tertiary/aromatic N) is 1. The maximum Gasteiger partial charge on any atom is 0.234 e. The Morgan fingerprint density at radius 2 is 2.31 bits per heavy atom. The Kier molecular flexibility index (Phi) is 2.64. The molecule has 1 atom stereocenters. The minimum atomic E-state index is -0.322. The molecule has 2 rings (SSSR count). The van der Waals surface area contributed by atoms with E-state index in [0.717, 1.165) is 11.3 Å². The van der Waals surface area contributed by atoms with E-state index in [2.05, 4.69) is 15.8 Å². The molecule has 6 nitrogen and oxygen atoms in total. The number of anilines is 1. The van der Waals surface area contributed by atoms with E-state index in [-0.39, 0.29) is 24.2 Å². The number of carbonyl (C=O) groups excluding carboxylic acids is 2. The highest BCUT2D eigenvalue weighted by molar-refractivity contribution is 5.96. The molecule has 1 unspecified atom stereocenters. The van der Waals surface area contributed by atoms with Crippen molar-refractivity contribution in [1.82, 2.24) is 10.5 Å². The second-order valence-electron chi connectivity index (χ2n) is 3.92. The fraction of sp³-hybridized carbons (Fsp3) is 0.500. The van der Waals surface area contributed by atoms with Crippen LogP contribution in [0.4, 0.5) is 5.88 Å². The monoisotopic (exact) mass is 223 g/mol. The Morgan fingerprint density at radius 3 is 2.81 bits per heavy atom. The largest absolute Gasteiger partial charge is 0.355 e. The Labute approximate surface area is 92.4 Å². The molecule has 1 fully saturated rings. The van der Waals surface area contributed by atoms with Crippen LogP contribution in [0.25, 0.3) is 0 Å². The van der Waals surface area contributed by atoms with E-state index in [4.69, 9.17) is 4.52 Å². The summed E-state index contributed by atoms with van der Waals surface area (Å²) >= 11 is 0. The Hall–Kier alpha value is -1.85. The van der Waals surface area contributed by atoms with Crippen molar-refractivity contribution >= 4 is 17.7 Å². The van der Waals surface area contributed by atoms with Crippen LogP contribution < -0.4 is 10.6 Å². The molecule has 0 bridgehead atoms. The highest BCUT2D eigenvalue weighted by Crippen LogP contribution is 2.19. The molecule has 1 aromatic rings. The molecule has 2 heterocycles. The molecule has 0 saturated carbocycles. The lowest BCUT2D eigenvalue weighted by molar-refractivity contribution is -0.123. The molecule has 1 saturated heterocycles. The molecule has 6 heteroatoms. The van der Waals surface area contributed by atoms with Crippen LogP contribution in [0.5, 0.6) is 0 Å². The van der Waals surface area contributed by atoms with Crippen molar-refractivity contribution < 1.29 is 14.1 Å². The number of hydrogen-bond donors (Lipinski definition) is 2. The van der Waals surface area contributed by atoms with Gasteiger partial charge in [-0.1, -0.05) is 5.16 Å². The quantitative estimate of drug-likeness (QED) is 0.758. The Balaban J connectivity index is 2.02. The van der Waals surface area contributed by atoms with Gasteiger partial charge >= 0.3 is 0 Å². The smallest absolute Gasteiger partial charge is 0.234 e. The van der Waals surface area contributed by atoms with Crippen molar-refractivity contribution in [3.8, 4) is 0 Å². The van der Waals surface area contributed by atoms with E-state index in [1.807, 2.05) is 6.92 Å². The van der Waals surface area contributed by atoms with Crippen molar-refractivity contribution in [3.05, 3.63) is 11.3 Å². The number of nitrogens with one attached hydrogen (secondary N) is 2. The summed E-state index contributed by atoms with van der Waals surface area (Å²) in [5.41, 5.74) is 1.56. The summed E-state index contributed by atoms with van der Waals surface area (Å²) < 4.78 is 4.96. The molecular weight excluding hydrogens is 210 g/mol. The van der Waals surface area contributed by atoms with Gasteiger partial charge in [-0.25, -0.2) is 0 Å². The second-order valence-corrected chi connectivity index (χ2v) is 3.92. The topological polar surface area (TPSA) is 84.2 Å². The van der Waals surface area contributed by atoms with Crippen LogP contribution >= 0.6 is 0 Å². The highest BCUT2D eigenvalue weighted by atomic mass is 16.5. The van der Waals surface area contributed by atoms with Gasteiger partial charge in [0, 0.05) is 18.5 Å². The Morgan fingerprint density at radius 1 is 1.56 bits per heavy atom. The number of carbonyl (C=O) groups is 2. The SMILES string of the molecule is Cc1noc(NC(=O)C2CNC(=O)C2)c1C. The van der Waals surface area contributed by atoms with E-state index >= 15 is 0 Å². The lowest BCUT2D eigenvalue weighted by atomic mass is 10.1. The summed E-state index contributed by atoms with van der Waals surface area (Å²) in [5.74, 6) is -0.262. The van der Waals surface area contributed by atoms with Crippen molar-refractivity contribution in [1.29, 1.82) is 0 Å². The number of hydrogen-bond acceptors (Lipinski definition) is 4. The third kappa shape index (κ3) is 1.91. The first-order valence-corrected chi connectivity index (χ1v) is 5.08. The van der Waals surface area contributed by atoms with Crippen molar-refractivity contribution in [2.45, 2.75) is 20.3 Å². The van der Waals surface area contributed by atoms with E-state index in [0.29, 0.717) is 12.4 Å². The van der Waals surface area contributed by atoms with Gasteiger partial charge in [-0.3, -0.25) is 14.9 Å². The van der Waals surface area contributed by atoms with Crippen LogP contribution in [0.1, 0.15) is 17.7 Å². The van der Waals surface area contributed by atoms with Crippen LogP contribution in [0.15, 0.2) is 4.52 Å². The molecule has 1 aliphatic heterocycles. The molecule has 0 aromatic carbocycles. The summed E-state index contributed by atoms with van der Waals surface area (Å²) in [7, 11) is 0. The van der Waals surface area contributed by atoms with Gasteiger partial charge in [0.2, 0.25) is 17.7 Å². The zero-order valence-corrected chi connectivity index (χ0v) is 9.16. The fourth-order valence-electron chi connectivity index (χ4n) is 1.54. The second kappa shape index (κ2) is 3.96. The van der Waals surface area contributed by atoms with Crippen LogP contribution in [0.3, 0.4) is 0 Å². The summed E-state index contributed by atoms with van der Waals surface area (Å²) in [6.45, 7) is 4.01. The average molecular weight is 223 g/mol.